The van der Waals surface area contributed by atoms with Gasteiger partial charge in [-0.25, -0.2) is 4.79 Å². The lowest BCUT2D eigenvalue weighted by Gasteiger charge is -2.27. The fourth-order valence-corrected chi connectivity index (χ4v) is 3.63. The first-order chi connectivity index (χ1) is 10.8. The average molecular weight is 299 g/mol. The van der Waals surface area contributed by atoms with Gasteiger partial charge in [0, 0.05) is 12.5 Å². The van der Waals surface area contributed by atoms with E-state index >= 15 is 0 Å². The minimum atomic E-state index is -0.0803. The van der Waals surface area contributed by atoms with Crippen molar-refractivity contribution >= 4 is 11.9 Å². The molecule has 1 aromatic carbocycles. The number of hydrogen-bond donors (Lipinski definition) is 2. The molecule has 3 rings (SSSR count). The Morgan fingerprint density at radius 3 is 2.41 bits per heavy atom. The monoisotopic (exact) mass is 299 g/mol. The van der Waals surface area contributed by atoms with Crippen molar-refractivity contribution in [3.8, 4) is 0 Å². The Morgan fingerprint density at radius 2 is 1.73 bits per heavy atom. The van der Waals surface area contributed by atoms with E-state index in [2.05, 4.69) is 17.4 Å². The fraction of sp³-hybridized carbons (Fsp3) is 0.556. The predicted molar refractivity (Wildman–Crippen MR) is 88.0 cm³/mol. The summed E-state index contributed by atoms with van der Waals surface area (Å²) in [7, 11) is 0. The van der Waals surface area contributed by atoms with Gasteiger partial charge < -0.3 is 5.32 Å². The van der Waals surface area contributed by atoms with Crippen molar-refractivity contribution in [1.29, 1.82) is 5.41 Å². The molecule has 2 amide bonds. The summed E-state index contributed by atoms with van der Waals surface area (Å²) in [6.45, 7) is 0. The molecule has 1 saturated carbocycles. The zero-order chi connectivity index (χ0) is 15.4. The molecule has 2 fully saturated rings. The SMILES string of the molecule is N=C1CC[C@@H](c2ccccc2)N1C(=O)NC1CCCCCC1. The van der Waals surface area contributed by atoms with Gasteiger partial charge in [-0.15, -0.1) is 0 Å². The number of amidine groups is 1. The summed E-state index contributed by atoms with van der Waals surface area (Å²) >= 11 is 0. The third-order valence-corrected chi connectivity index (χ3v) is 4.84. The number of hydrogen-bond acceptors (Lipinski definition) is 2. The molecule has 2 aliphatic rings. The first-order valence-electron chi connectivity index (χ1n) is 8.48. The topological polar surface area (TPSA) is 56.2 Å². The van der Waals surface area contributed by atoms with Gasteiger partial charge in [0.05, 0.1) is 6.04 Å². The number of carbonyl (C=O) groups excluding carboxylic acids is 1. The van der Waals surface area contributed by atoms with Crippen LogP contribution in [-0.4, -0.2) is 22.8 Å². The van der Waals surface area contributed by atoms with Crippen molar-refractivity contribution < 1.29 is 4.79 Å². The lowest BCUT2D eigenvalue weighted by atomic mass is 10.0. The van der Waals surface area contributed by atoms with Crippen LogP contribution in [0.2, 0.25) is 0 Å². The summed E-state index contributed by atoms with van der Waals surface area (Å²) in [6.07, 6.45) is 8.62. The molecule has 2 N–H and O–H groups in total. The van der Waals surface area contributed by atoms with Crippen molar-refractivity contribution in [3.05, 3.63) is 35.9 Å². The second-order valence-electron chi connectivity index (χ2n) is 6.42. The molecule has 0 spiro atoms. The van der Waals surface area contributed by atoms with Crippen molar-refractivity contribution in [1.82, 2.24) is 10.2 Å². The van der Waals surface area contributed by atoms with Gasteiger partial charge in [-0.3, -0.25) is 10.3 Å². The van der Waals surface area contributed by atoms with Crippen LogP contribution in [0.5, 0.6) is 0 Å². The van der Waals surface area contributed by atoms with Crippen molar-refractivity contribution in [2.45, 2.75) is 63.5 Å². The molecular formula is C18H25N3O. The van der Waals surface area contributed by atoms with E-state index in [1.54, 1.807) is 4.90 Å². The molecule has 0 radical (unpaired) electrons. The second-order valence-corrected chi connectivity index (χ2v) is 6.42. The highest BCUT2D eigenvalue weighted by Crippen LogP contribution is 2.33. The molecule has 1 aliphatic heterocycles. The van der Waals surface area contributed by atoms with E-state index in [0.717, 1.165) is 24.8 Å². The number of benzene rings is 1. The smallest absolute Gasteiger partial charge is 0.323 e. The third kappa shape index (κ3) is 3.32. The molecule has 0 aromatic heterocycles. The first kappa shape index (κ1) is 15.1. The summed E-state index contributed by atoms with van der Waals surface area (Å²) in [5.74, 6) is 0.444. The maximum absolute atomic E-state index is 12.7. The highest BCUT2D eigenvalue weighted by molar-refractivity contribution is 5.98. The van der Waals surface area contributed by atoms with Crippen LogP contribution in [0.1, 0.15) is 63.0 Å². The quantitative estimate of drug-likeness (QED) is 0.789. The summed E-state index contributed by atoms with van der Waals surface area (Å²) in [4.78, 5) is 14.4. The molecule has 22 heavy (non-hydrogen) atoms. The Labute approximate surface area is 132 Å². The largest absolute Gasteiger partial charge is 0.335 e. The maximum Gasteiger partial charge on any atom is 0.323 e. The van der Waals surface area contributed by atoms with E-state index in [0.29, 0.717) is 12.3 Å². The normalized spacial score (nSPS) is 23.4. The molecule has 1 aromatic rings. The molecule has 118 valence electrons. The summed E-state index contributed by atoms with van der Waals surface area (Å²) in [6, 6.07) is 10.3. The summed E-state index contributed by atoms with van der Waals surface area (Å²) in [5, 5.41) is 11.3. The Morgan fingerprint density at radius 1 is 1.05 bits per heavy atom. The zero-order valence-electron chi connectivity index (χ0n) is 13.1. The van der Waals surface area contributed by atoms with Crippen LogP contribution in [0.3, 0.4) is 0 Å². The standard InChI is InChI=1S/C18H25N3O/c19-17-13-12-16(14-8-4-3-5-9-14)21(17)18(22)20-15-10-6-1-2-7-11-15/h3-5,8-9,15-16,19H,1-2,6-7,10-13H2,(H,20,22)/t16-/m0/s1. The molecule has 0 bridgehead atoms. The lowest BCUT2D eigenvalue weighted by Crippen LogP contribution is -2.46. The maximum atomic E-state index is 12.7. The first-order valence-corrected chi connectivity index (χ1v) is 8.48. The Balaban J connectivity index is 1.70. The van der Waals surface area contributed by atoms with Crippen molar-refractivity contribution in [2.75, 3.05) is 0 Å². The molecule has 1 atom stereocenters. The number of nitrogens with one attached hydrogen (secondary N) is 2. The van der Waals surface area contributed by atoms with Crippen LogP contribution >= 0.6 is 0 Å². The van der Waals surface area contributed by atoms with Gasteiger partial charge in [0.1, 0.15) is 5.84 Å². The number of carbonyl (C=O) groups is 1. The van der Waals surface area contributed by atoms with Crippen molar-refractivity contribution in [3.63, 3.8) is 0 Å². The predicted octanol–water partition coefficient (Wildman–Crippen LogP) is 4.23. The Hall–Kier alpha value is -1.84. The number of likely N-dealkylation sites (tertiary alicyclic amines) is 1. The van der Waals surface area contributed by atoms with E-state index in [1.807, 2.05) is 18.2 Å². The van der Waals surface area contributed by atoms with E-state index in [4.69, 9.17) is 5.41 Å². The van der Waals surface area contributed by atoms with Gasteiger partial charge in [-0.05, 0) is 24.8 Å². The zero-order valence-corrected chi connectivity index (χ0v) is 13.1. The minimum absolute atomic E-state index is 0.0134. The Bertz CT molecular complexity index is 520. The molecule has 1 heterocycles. The number of nitrogens with zero attached hydrogens (tertiary/aromatic N) is 1. The third-order valence-electron chi connectivity index (χ3n) is 4.84. The van der Waals surface area contributed by atoms with Crippen LogP contribution in [0.4, 0.5) is 4.79 Å². The van der Waals surface area contributed by atoms with Crippen LogP contribution < -0.4 is 5.32 Å². The fourth-order valence-electron chi connectivity index (χ4n) is 3.63. The molecule has 0 unspecified atom stereocenters. The molecule has 4 heteroatoms. The van der Waals surface area contributed by atoms with Crippen LogP contribution in [0.15, 0.2) is 30.3 Å². The highest BCUT2D eigenvalue weighted by Gasteiger charge is 2.35. The van der Waals surface area contributed by atoms with Gasteiger partial charge in [-0.2, -0.15) is 0 Å². The van der Waals surface area contributed by atoms with E-state index in [1.165, 1.54) is 25.7 Å². The van der Waals surface area contributed by atoms with E-state index in [9.17, 15) is 4.79 Å². The molecule has 1 saturated heterocycles. The number of urea groups is 1. The van der Waals surface area contributed by atoms with Crippen molar-refractivity contribution in [2.24, 2.45) is 0 Å². The van der Waals surface area contributed by atoms with Crippen LogP contribution in [0, 0.1) is 5.41 Å². The van der Waals surface area contributed by atoms with Gasteiger partial charge in [-0.1, -0.05) is 56.0 Å². The van der Waals surface area contributed by atoms with Crippen LogP contribution in [0.25, 0.3) is 0 Å². The van der Waals surface area contributed by atoms with Gasteiger partial charge >= 0.3 is 6.03 Å². The van der Waals surface area contributed by atoms with E-state index < -0.39 is 0 Å². The lowest BCUT2D eigenvalue weighted by molar-refractivity contribution is 0.206. The van der Waals surface area contributed by atoms with Crippen LogP contribution in [-0.2, 0) is 0 Å². The van der Waals surface area contributed by atoms with E-state index in [-0.39, 0.29) is 18.1 Å². The number of rotatable bonds is 2. The molecule has 4 nitrogen and oxygen atoms in total. The summed E-state index contributed by atoms with van der Waals surface area (Å²) < 4.78 is 0. The molecule has 1 aliphatic carbocycles. The summed E-state index contributed by atoms with van der Waals surface area (Å²) in [5.41, 5.74) is 1.13. The van der Waals surface area contributed by atoms with Gasteiger partial charge in [0.15, 0.2) is 0 Å². The van der Waals surface area contributed by atoms with Gasteiger partial charge in [0.25, 0.3) is 0 Å². The van der Waals surface area contributed by atoms with Gasteiger partial charge in [0.2, 0.25) is 0 Å². The number of amides is 2. The average Bonchev–Trinajstić information content (AvgIpc) is 2.75. The Kier molecular flexibility index (Phi) is 4.76. The second kappa shape index (κ2) is 6.95. The highest BCUT2D eigenvalue weighted by atomic mass is 16.2. The minimum Gasteiger partial charge on any atom is -0.335 e. The molecular weight excluding hydrogens is 274 g/mol.